The first-order valence-corrected chi connectivity index (χ1v) is 4.97. The number of carbonyl (C=O) groups excluding carboxylic acids is 1. The minimum atomic E-state index is -4.10. The Bertz CT molecular complexity index is 222. The van der Waals surface area contributed by atoms with Crippen molar-refractivity contribution in [3.63, 3.8) is 0 Å². The minimum absolute atomic E-state index is 0.0228. The van der Waals surface area contributed by atoms with Crippen LogP contribution in [0.15, 0.2) is 0 Å². The molecule has 3 nitrogen and oxygen atoms in total. The number of likely N-dealkylation sites (tertiary alicyclic amines) is 1. The highest BCUT2D eigenvalue weighted by Gasteiger charge is 2.29. The van der Waals surface area contributed by atoms with Gasteiger partial charge >= 0.3 is 6.18 Å². The van der Waals surface area contributed by atoms with Gasteiger partial charge in [-0.3, -0.25) is 4.79 Å². The average molecular weight is 224 g/mol. The van der Waals surface area contributed by atoms with Crippen molar-refractivity contribution in [1.82, 2.24) is 4.90 Å². The van der Waals surface area contributed by atoms with Gasteiger partial charge in [-0.15, -0.1) is 0 Å². The number of hydrogen-bond acceptors (Lipinski definition) is 2. The Morgan fingerprint density at radius 1 is 1.33 bits per heavy atom. The van der Waals surface area contributed by atoms with Crippen molar-refractivity contribution in [3.8, 4) is 0 Å². The van der Waals surface area contributed by atoms with Crippen LogP contribution in [0.2, 0.25) is 0 Å². The topological polar surface area (TPSA) is 46.3 Å². The van der Waals surface area contributed by atoms with Gasteiger partial charge in [0.25, 0.3) is 0 Å². The zero-order chi connectivity index (χ0) is 11.5. The Hall–Kier alpha value is -0.780. The molecule has 0 bridgehead atoms. The molecule has 1 aliphatic rings. The van der Waals surface area contributed by atoms with E-state index in [9.17, 15) is 18.0 Å². The van der Waals surface area contributed by atoms with E-state index in [0.717, 1.165) is 0 Å². The number of hydrogen-bond donors (Lipinski definition) is 1. The van der Waals surface area contributed by atoms with Gasteiger partial charge in [0.15, 0.2) is 0 Å². The summed E-state index contributed by atoms with van der Waals surface area (Å²) in [6.07, 6.45) is -3.73. The molecule has 1 heterocycles. The molecule has 1 fully saturated rings. The summed E-state index contributed by atoms with van der Waals surface area (Å²) in [6, 6.07) is 0. The third kappa shape index (κ3) is 4.51. The number of halogens is 3. The first-order valence-electron chi connectivity index (χ1n) is 4.97. The summed E-state index contributed by atoms with van der Waals surface area (Å²) in [5, 5.41) is 0. The molecule has 0 radical (unpaired) electrons. The second-order valence-corrected chi connectivity index (χ2v) is 3.88. The largest absolute Gasteiger partial charge is 0.390 e. The summed E-state index contributed by atoms with van der Waals surface area (Å²) in [5.74, 6) is -0.502. The van der Waals surface area contributed by atoms with E-state index in [-0.39, 0.29) is 18.4 Å². The number of nitrogens with zero attached hydrogens (tertiary/aromatic N) is 1. The summed E-state index contributed by atoms with van der Waals surface area (Å²) in [4.78, 5) is 12.5. The maximum Gasteiger partial charge on any atom is 0.390 e. The van der Waals surface area contributed by atoms with Gasteiger partial charge in [0, 0.05) is 12.5 Å². The maximum atomic E-state index is 11.9. The summed E-state index contributed by atoms with van der Waals surface area (Å²) >= 11 is 0. The molecule has 6 heteroatoms. The van der Waals surface area contributed by atoms with Crippen molar-refractivity contribution in [2.45, 2.75) is 25.4 Å². The van der Waals surface area contributed by atoms with Crippen molar-refractivity contribution in [2.24, 2.45) is 11.7 Å². The number of alkyl halides is 3. The zero-order valence-corrected chi connectivity index (χ0v) is 8.39. The van der Waals surface area contributed by atoms with Crippen molar-refractivity contribution < 1.29 is 18.0 Å². The van der Waals surface area contributed by atoms with E-state index in [1.165, 1.54) is 0 Å². The lowest BCUT2D eigenvalue weighted by atomic mass is 9.96. The molecule has 1 aliphatic heterocycles. The maximum absolute atomic E-state index is 11.9. The number of carbonyl (C=O) groups is 1. The molecular formula is C9H15F3N2O. The van der Waals surface area contributed by atoms with E-state index in [0.29, 0.717) is 25.9 Å². The molecule has 1 amide bonds. The van der Waals surface area contributed by atoms with Gasteiger partial charge in [-0.2, -0.15) is 13.2 Å². The predicted molar refractivity (Wildman–Crippen MR) is 49.0 cm³/mol. The fourth-order valence-electron chi connectivity index (χ4n) is 1.73. The Labute approximate surface area is 86.4 Å². The number of nitrogens with two attached hydrogens (primary N) is 1. The van der Waals surface area contributed by atoms with Crippen molar-refractivity contribution in [1.29, 1.82) is 0 Å². The molecule has 15 heavy (non-hydrogen) atoms. The van der Waals surface area contributed by atoms with Crippen LogP contribution in [0.1, 0.15) is 19.3 Å². The number of rotatable bonds is 3. The van der Waals surface area contributed by atoms with Crippen LogP contribution in [0.25, 0.3) is 0 Å². The summed E-state index contributed by atoms with van der Waals surface area (Å²) in [7, 11) is 0. The fourth-order valence-corrected chi connectivity index (χ4v) is 1.73. The van der Waals surface area contributed by atoms with Gasteiger partial charge in [0.2, 0.25) is 5.91 Å². The summed E-state index contributed by atoms with van der Waals surface area (Å²) in [5.41, 5.74) is 5.12. The molecule has 1 saturated heterocycles. The quantitative estimate of drug-likeness (QED) is 0.781. The van der Waals surface area contributed by atoms with Crippen molar-refractivity contribution >= 4 is 5.91 Å². The van der Waals surface area contributed by atoms with Gasteiger partial charge in [-0.05, 0) is 25.9 Å². The molecule has 0 aromatic carbocycles. The SMILES string of the molecule is NC(=O)C1CCN(CCC(F)(F)F)CC1. The Kier molecular flexibility index (Phi) is 3.96. The minimum Gasteiger partial charge on any atom is -0.369 e. The molecule has 0 atom stereocenters. The Morgan fingerprint density at radius 3 is 2.27 bits per heavy atom. The van der Waals surface area contributed by atoms with E-state index >= 15 is 0 Å². The molecule has 0 aliphatic carbocycles. The van der Waals surface area contributed by atoms with Gasteiger partial charge in [0.05, 0.1) is 6.42 Å². The second kappa shape index (κ2) is 4.83. The number of primary amides is 1. The monoisotopic (exact) mass is 224 g/mol. The van der Waals surface area contributed by atoms with Gasteiger partial charge in [-0.1, -0.05) is 0 Å². The van der Waals surface area contributed by atoms with Crippen LogP contribution >= 0.6 is 0 Å². The van der Waals surface area contributed by atoms with Crippen LogP contribution in [0, 0.1) is 5.92 Å². The normalized spacial score (nSPS) is 20.5. The summed E-state index contributed by atoms with van der Waals surface area (Å²) in [6.45, 7) is 1.09. The highest BCUT2D eigenvalue weighted by molar-refractivity contribution is 5.76. The Balaban J connectivity index is 2.23. The smallest absolute Gasteiger partial charge is 0.369 e. The van der Waals surface area contributed by atoms with Crippen LogP contribution in [0.3, 0.4) is 0 Å². The molecule has 0 saturated carbocycles. The van der Waals surface area contributed by atoms with E-state index in [2.05, 4.69) is 0 Å². The average Bonchev–Trinajstić information content (AvgIpc) is 2.14. The van der Waals surface area contributed by atoms with Gasteiger partial charge in [0.1, 0.15) is 0 Å². The van der Waals surface area contributed by atoms with Crippen LogP contribution < -0.4 is 5.73 Å². The van der Waals surface area contributed by atoms with E-state index in [1.54, 1.807) is 4.90 Å². The number of amides is 1. The van der Waals surface area contributed by atoms with Crippen LogP contribution in [0.5, 0.6) is 0 Å². The molecular weight excluding hydrogens is 209 g/mol. The first kappa shape index (κ1) is 12.3. The highest BCUT2D eigenvalue weighted by Crippen LogP contribution is 2.22. The molecule has 2 N–H and O–H groups in total. The summed E-state index contributed by atoms with van der Waals surface area (Å²) < 4.78 is 35.7. The lowest BCUT2D eigenvalue weighted by molar-refractivity contribution is -0.139. The Morgan fingerprint density at radius 2 is 1.87 bits per heavy atom. The third-order valence-corrected chi connectivity index (χ3v) is 2.70. The highest BCUT2D eigenvalue weighted by atomic mass is 19.4. The second-order valence-electron chi connectivity index (χ2n) is 3.88. The van der Waals surface area contributed by atoms with Crippen LogP contribution in [-0.4, -0.2) is 36.6 Å². The standard InChI is InChI=1S/C9H15F3N2O/c10-9(11,12)3-6-14-4-1-7(2-5-14)8(13)15/h7H,1-6H2,(H2,13,15). The van der Waals surface area contributed by atoms with Crippen LogP contribution in [0.4, 0.5) is 13.2 Å². The zero-order valence-electron chi connectivity index (χ0n) is 8.39. The number of piperidine rings is 1. The van der Waals surface area contributed by atoms with Crippen molar-refractivity contribution in [2.75, 3.05) is 19.6 Å². The molecule has 0 spiro atoms. The lowest BCUT2D eigenvalue weighted by Crippen LogP contribution is -2.39. The van der Waals surface area contributed by atoms with Gasteiger partial charge in [-0.25, -0.2) is 0 Å². The molecule has 1 rings (SSSR count). The molecule has 0 aromatic rings. The van der Waals surface area contributed by atoms with Crippen molar-refractivity contribution in [3.05, 3.63) is 0 Å². The molecule has 0 aromatic heterocycles. The van der Waals surface area contributed by atoms with E-state index in [4.69, 9.17) is 5.73 Å². The van der Waals surface area contributed by atoms with E-state index < -0.39 is 12.6 Å². The van der Waals surface area contributed by atoms with Crippen LogP contribution in [-0.2, 0) is 4.79 Å². The first-order chi connectivity index (χ1) is 6.88. The molecule has 88 valence electrons. The molecule has 0 unspecified atom stereocenters. The third-order valence-electron chi connectivity index (χ3n) is 2.70. The van der Waals surface area contributed by atoms with E-state index in [1.807, 2.05) is 0 Å². The van der Waals surface area contributed by atoms with Gasteiger partial charge < -0.3 is 10.6 Å². The fraction of sp³-hybridized carbons (Fsp3) is 0.889. The lowest BCUT2D eigenvalue weighted by Gasteiger charge is -2.30. The predicted octanol–water partition coefficient (Wildman–Crippen LogP) is 1.14.